The second kappa shape index (κ2) is 9.28. The number of halogens is 4. The standard InChI is InChI=1S/C16H22ClFN2O.2ClH/c17-12-9-13(16(21)14(18)10-12)15(11-3-1-2-4-11)20-7-5-19-6-8-20;;/h9-11,15,19,21H,1-8H2;2*1H/t15-;;/m0../s1. The van der Waals surface area contributed by atoms with Crippen molar-refractivity contribution in [2.24, 2.45) is 5.92 Å². The summed E-state index contributed by atoms with van der Waals surface area (Å²) in [6, 6.07) is 3.00. The number of phenolic OH excluding ortho intramolecular Hbond substituents is 1. The second-order valence-corrected chi connectivity index (χ2v) is 6.54. The monoisotopic (exact) mass is 384 g/mol. The van der Waals surface area contributed by atoms with Gasteiger partial charge in [-0.15, -0.1) is 24.8 Å². The predicted molar refractivity (Wildman–Crippen MR) is 96.7 cm³/mol. The van der Waals surface area contributed by atoms with Crippen molar-refractivity contribution in [1.29, 1.82) is 0 Å². The SMILES string of the molecule is Cl.Cl.Oc1c(F)cc(Cl)cc1[C@H](C1CCCC1)N1CCNCC1. The molecule has 132 valence electrons. The first-order valence-corrected chi connectivity index (χ1v) is 8.17. The summed E-state index contributed by atoms with van der Waals surface area (Å²) in [6.45, 7) is 3.73. The molecule has 7 heteroatoms. The van der Waals surface area contributed by atoms with Crippen molar-refractivity contribution in [3.05, 3.63) is 28.5 Å². The van der Waals surface area contributed by atoms with Gasteiger partial charge in [0.05, 0.1) is 0 Å². The lowest BCUT2D eigenvalue weighted by atomic mass is 9.89. The van der Waals surface area contributed by atoms with Gasteiger partial charge in [-0.3, -0.25) is 4.90 Å². The fraction of sp³-hybridized carbons (Fsp3) is 0.625. The minimum absolute atomic E-state index is 0. The Morgan fingerprint density at radius 2 is 1.78 bits per heavy atom. The molecule has 0 bridgehead atoms. The Kier molecular flexibility index (Phi) is 8.39. The van der Waals surface area contributed by atoms with Gasteiger partial charge < -0.3 is 10.4 Å². The summed E-state index contributed by atoms with van der Waals surface area (Å²) in [6.07, 6.45) is 4.72. The van der Waals surface area contributed by atoms with Crippen LogP contribution in [0.2, 0.25) is 5.02 Å². The lowest BCUT2D eigenvalue weighted by molar-refractivity contribution is 0.123. The van der Waals surface area contributed by atoms with Gasteiger partial charge in [0, 0.05) is 42.8 Å². The number of piperazine rings is 1. The van der Waals surface area contributed by atoms with E-state index in [0.717, 1.165) is 39.0 Å². The minimum atomic E-state index is -0.615. The van der Waals surface area contributed by atoms with Crippen LogP contribution in [0.3, 0.4) is 0 Å². The first-order chi connectivity index (χ1) is 10.2. The molecule has 0 amide bonds. The van der Waals surface area contributed by atoms with Gasteiger partial charge in [0.2, 0.25) is 0 Å². The van der Waals surface area contributed by atoms with E-state index in [2.05, 4.69) is 10.2 Å². The van der Waals surface area contributed by atoms with Gasteiger partial charge in [-0.05, 0) is 30.9 Å². The van der Waals surface area contributed by atoms with Gasteiger partial charge in [-0.2, -0.15) is 0 Å². The quantitative estimate of drug-likeness (QED) is 0.820. The van der Waals surface area contributed by atoms with Crippen molar-refractivity contribution in [3.8, 4) is 5.75 Å². The predicted octanol–water partition coefficient (Wildman–Crippen LogP) is 4.16. The third kappa shape index (κ3) is 4.64. The van der Waals surface area contributed by atoms with E-state index in [0.29, 0.717) is 16.5 Å². The molecule has 0 aromatic heterocycles. The summed E-state index contributed by atoms with van der Waals surface area (Å²) in [5.41, 5.74) is 0.661. The summed E-state index contributed by atoms with van der Waals surface area (Å²) in [5.74, 6) is -0.364. The first-order valence-electron chi connectivity index (χ1n) is 7.79. The second-order valence-electron chi connectivity index (χ2n) is 6.10. The highest BCUT2D eigenvalue weighted by Gasteiger charge is 2.34. The molecular weight excluding hydrogens is 362 g/mol. The molecule has 0 radical (unpaired) electrons. The Bertz CT molecular complexity index is 506. The van der Waals surface area contributed by atoms with E-state index in [-0.39, 0.29) is 36.6 Å². The van der Waals surface area contributed by atoms with Crippen LogP contribution < -0.4 is 5.32 Å². The van der Waals surface area contributed by atoms with Crippen LogP contribution in [-0.2, 0) is 0 Å². The molecule has 23 heavy (non-hydrogen) atoms. The molecule has 2 N–H and O–H groups in total. The molecule has 0 unspecified atom stereocenters. The first kappa shape index (κ1) is 20.8. The number of rotatable bonds is 3. The highest BCUT2D eigenvalue weighted by Crippen LogP contribution is 2.43. The molecular formula is C16H24Cl3FN2O. The third-order valence-corrected chi connectivity index (χ3v) is 4.99. The van der Waals surface area contributed by atoms with Crippen LogP contribution in [0.1, 0.15) is 37.3 Å². The summed E-state index contributed by atoms with van der Waals surface area (Å²) >= 11 is 6.03. The van der Waals surface area contributed by atoms with Crippen molar-refractivity contribution in [3.63, 3.8) is 0 Å². The van der Waals surface area contributed by atoms with E-state index in [1.165, 1.54) is 18.9 Å². The van der Waals surface area contributed by atoms with Crippen LogP contribution >= 0.6 is 36.4 Å². The topological polar surface area (TPSA) is 35.5 Å². The van der Waals surface area contributed by atoms with Gasteiger partial charge in [0.25, 0.3) is 0 Å². The number of hydrogen-bond acceptors (Lipinski definition) is 3. The smallest absolute Gasteiger partial charge is 0.166 e. The molecule has 1 aliphatic heterocycles. The number of benzene rings is 1. The average Bonchev–Trinajstić information content (AvgIpc) is 2.99. The number of hydrogen-bond donors (Lipinski definition) is 2. The van der Waals surface area contributed by atoms with E-state index in [1.54, 1.807) is 6.07 Å². The van der Waals surface area contributed by atoms with E-state index in [1.807, 2.05) is 0 Å². The van der Waals surface area contributed by atoms with Gasteiger partial charge in [-0.1, -0.05) is 24.4 Å². The molecule has 0 spiro atoms. The Hall–Kier alpha value is -0.260. The Morgan fingerprint density at radius 3 is 2.39 bits per heavy atom. The van der Waals surface area contributed by atoms with Crippen LogP contribution in [0.4, 0.5) is 4.39 Å². The molecule has 1 atom stereocenters. The lowest BCUT2D eigenvalue weighted by Gasteiger charge is -2.39. The van der Waals surface area contributed by atoms with Crippen LogP contribution in [0.15, 0.2) is 12.1 Å². The Balaban J connectivity index is 0.00000132. The number of aromatic hydroxyl groups is 1. The summed E-state index contributed by atoms with van der Waals surface area (Å²) < 4.78 is 13.9. The van der Waals surface area contributed by atoms with Crippen LogP contribution in [0, 0.1) is 11.7 Å². The maximum atomic E-state index is 13.9. The van der Waals surface area contributed by atoms with E-state index in [4.69, 9.17) is 11.6 Å². The van der Waals surface area contributed by atoms with Crippen molar-refractivity contribution < 1.29 is 9.50 Å². The zero-order valence-corrected chi connectivity index (χ0v) is 15.3. The molecule has 2 aliphatic rings. The molecule has 1 saturated heterocycles. The summed E-state index contributed by atoms with van der Waals surface area (Å²) in [7, 11) is 0. The van der Waals surface area contributed by atoms with E-state index >= 15 is 0 Å². The molecule has 2 fully saturated rings. The molecule has 1 aromatic rings. The van der Waals surface area contributed by atoms with Crippen molar-refractivity contribution in [2.75, 3.05) is 26.2 Å². The lowest BCUT2D eigenvalue weighted by Crippen LogP contribution is -2.46. The zero-order valence-electron chi connectivity index (χ0n) is 12.9. The van der Waals surface area contributed by atoms with E-state index in [9.17, 15) is 9.50 Å². The highest BCUT2D eigenvalue weighted by atomic mass is 35.5. The number of nitrogens with zero attached hydrogens (tertiary/aromatic N) is 1. The molecule has 3 nitrogen and oxygen atoms in total. The average molecular weight is 386 g/mol. The number of nitrogens with one attached hydrogen (secondary N) is 1. The van der Waals surface area contributed by atoms with Crippen molar-refractivity contribution in [1.82, 2.24) is 10.2 Å². The molecule has 1 aliphatic carbocycles. The molecule has 3 rings (SSSR count). The molecule has 1 saturated carbocycles. The Morgan fingerprint density at radius 1 is 1.17 bits per heavy atom. The van der Waals surface area contributed by atoms with Gasteiger partial charge in [0.1, 0.15) is 0 Å². The van der Waals surface area contributed by atoms with Crippen LogP contribution in [0.25, 0.3) is 0 Å². The Labute approximate surface area is 154 Å². The largest absolute Gasteiger partial charge is 0.505 e. The van der Waals surface area contributed by atoms with Gasteiger partial charge in [-0.25, -0.2) is 4.39 Å². The molecule has 1 heterocycles. The highest BCUT2D eigenvalue weighted by molar-refractivity contribution is 6.30. The maximum absolute atomic E-state index is 13.9. The summed E-state index contributed by atoms with van der Waals surface area (Å²) in [4.78, 5) is 2.37. The molecule has 1 aromatic carbocycles. The minimum Gasteiger partial charge on any atom is -0.505 e. The van der Waals surface area contributed by atoms with Crippen molar-refractivity contribution >= 4 is 36.4 Å². The van der Waals surface area contributed by atoms with E-state index < -0.39 is 5.82 Å². The van der Waals surface area contributed by atoms with Gasteiger partial charge >= 0.3 is 0 Å². The van der Waals surface area contributed by atoms with Crippen LogP contribution in [0.5, 0.6) is 5.75 Å². The maximum Gasteiger partial charge on any atom is 0.166 e. The fourth-order valence-corrected chi connectivity index (χ4v) is 4.01. The normalized spacial score (nSPS) is 20.6. The van der Waals surface area contributed by atoms with Gasteiger partial charge in [0.15, 0.2) is 11.6 Å². The van der Waals surface area contributed by atoms with Crippen LogP contribution in [-0.4, -0.2) is 36.2 Å². The fourth-order valence-electron chi connectivity index (χ4n) is 3.79. The zero-order chi connectivity index (χ0) is 14.8. The summed E-state index contributed by atoms with van der Waals surface area (Å²) in [5, 5.41) is 13.9. The third-order valence-electron chi connectivity index (χ3n) is 4.77. The van der Waals surface area contributed by atoms with Crippen molar-refractivity contribution in [2.45, 2.75) is 31.7 Å². The number of phenols is 1.